The van der Waals surface area contributed by atoms with E-state index in [1.807, 2.05) is 35.7 Å². The van der Waals surface area contributed by atoms with E-state index in [0.29, 0.717) is 10.7 Å². The maximum atomic E-state index is 12.6. The second kappa shape index (κ2) is 6.02. The first-order valence-electron chi connectivity index (χ1n) is 7.68. The topological polar surface area (TPSA) is 54.4 Å². The molecule has 3 aromatic rings. The van der Waals surface area contributed by atoms with Crippen molar-refractivity contribution in [1.82, 2.24) is 4.98 Å². The minimum Gasteiger partial charge on any atom is -0.298 e. The number of hydrogen-bond acceptors (Lipinski definition) is 4. The van der Waals surface area contributed by atoms with Gasteiger partial charge >= 0.3 is 0 Å². The standard InChI is InChI=1S/C19H15N3OS/c1-12-5-2-3-7-14(12)16-11-13-6-4-8-15(17(13)21-16)18(23)22-19-20-9-10-24-19/h2-10H,11H2,1H3,(H,20,22,23). The number of aliphatic imine (C=N–C) groups is 1. The third-order valence-corrected chi connectivity index (χ3v) is 4.77. The number of nitrogens with one attached hydrogen (secondary N) is 1. The molecule has 0 atom stereocenters. The van der Waals surface area contributed by atoms with Crippen LogP contribution in [0.3, 0.4) is 0 Å². The average molecular weight is 333 g/mol. The van der Waals surface area contributed by atoms with E-state index in [1.165, 1.54) is 16.9 Å². The maximum Gasteiger partial charge on any atom is 0.259 e. The second-order valence-electron chi connectivity index (χ2n) is 5.65. The largest absolute Gasteiger partial charge is 0.298 e. The fraction of sp³-hybridized carbons (Fsp3) is 0.105. The van der Waals surface area contributed by atoms with Gasteiger partial charge in [-0.25, -0.2) is 4.98 Å². The summed E-state index contributed by atoms with van der Waals surface area (Å²) < 4.78 is 0. The number of carbonyl (C=O) groups excluding carboxylic acids is 1. The SMILES string of the molecule is Cc1ccccc1C1=Nc2c(cccc2C(=O)Nc2nccs2)C1. The van der Waals surface area contributed by atoms with Crippen molar-refractivity contribution in [2.45, 2.75) is 13.3 Å². The first kappa shape index (κ1) is 14.8. The number of carbonyl (C=O) groups is 1. The van der Waals surface area contributed by atoms with E-state index < -0.39 is 0 Å². The summed E-state index contributed by atoms with van der Waals surface area (Å²) in [6.45, 7) is 2.08. The van der Waals surface area contributed by atoms with Gasteiger partial charge in [0.25, 0.3) is 5.91 Å². The van der Waals surface area contributed by atoms with Crippen LogP contribution >= 0.6 is 11.3 Å². The summed E-state index contributed by atoms with van der Waals surface area (Å²) in [5.41, 5.74) is 5.78. The number of aromatic nitrogens is 1. The Balaban J connectivity index is 1.70. The summed E-state index contributed by atoms with van der Waals surface area (Å²) in [4.78, 5) is 21.4. The predicted molar refractivity (Wildman–Crippen MR) is 97.6 cm³/mol. The summed E-state index contributed by atoms with van der Waals surface area (Å²) in [7, 11) is 0. The molecule has 0 bridgehead atoms. The van der Waals surface area contributed by atoms with Crippen molar-refractivity contribution in [2.75, 3.05) is 5.32 Å². The minimum absolute atomic E-state index is 0.170. The lowest BCUT2D eigenvalue weighted by atomic mass is 9.99. The molecule has 2 aromatic carbocycles. The molecular weight excluding hydrogens is 318 g/mol. The van der Waals surface area contributed by atoms with E-state index >= 15 is 0 Å². The molecule has 118 valence electrons. The van der Waals surface area contributed by atoms with Gasteiger partial charge in [-0.2, -0.15) is 0 Å². The summed E-state index contributed by atoms with van der Waals surface area (Å²) in [5, 5.41) is 5.26. The summed E-state index contributed by atoms with van der Waals surface area (Å²) >= 11 is 1.40. The van der Waals surface area contributed by atoms with Gasteiger partial charge in [0.2, 0.25) is 0 Å². The third-order valence-electron chi connectivity index (χ3n) is 4.08. The molecule has 0 saturated heterocycles. The lowest BCUT2D eigenvalue weighted by Gasteiger charge is -2.05. The molecule has 1 aliphatic heterocycles. The van der Waals surface area contributed by atoms with Crippen LogP contribution in [0.4, 0.5) is 10.8 Å². The van der Waals surface area contributed by atoms with E-state index in [2.05, 4.69) is 29.4 Å². The van der Waals surface area contributed by atoms with Gasteiger partial charge in [0.1, 0.15) is 0 Å². The fourth-order valence-corrected chi connectivity index (χ4v) is 3.43. The van der Waals surface area contributed by atoms with Gasteiger partial charge in [-0.05, 0) is 29.7 Å². The number of nitrogens with zero attached hydrogens (tertiary/aromatic N) is 2. The zero-order chi connectivity index (χ0) is 16.5. The molecule has 4 rings (SSSR count). The molecule has 1 aromatic heterocycles. The van der Waals surface area contributed by atoms with Gasteiger partial charge in [0, 0.05) is 18.0 Å². The number of hydrogen-bond donors (Lipinski definition) is 1. The van der Waals surface area contributed by atoms with Crippen LogP contribution in [0, 0.1) is 6.92 Å². The molecule has 1 amide bonds. The zero-order valence-corrected chi connectivity index (χ0v) is 13.9. The van der Waals surface area contributed by atoms with Crippen molar-refractivity contribution in [2.24, 2.45) is 4.99 Å². The van der Waals surface area contributed by atoms with Crippen LogP contribution in [-0.2, 0) is 6.42 Å². The molecule has 0 unspecified atom stereocenters. The monoisotopic (exact) mass is 333 g/mol. The van der Waals surface area contributed by atoms with Crippen molar-refractivity contribution in [3.05, 3.63) is 76.3 Å². The van der Waals surface area contributed by atoms with E-state index in [1.54, 1.807) is 6.20 Å². The smallest absolute Gasteiger partial charge is 0.259 e. The lowest BCUT2D eigenvalue weighted by molar-refractivity contribution is 0.102. The maximum absolute atomic E-state index is 12.6. The number of benzene rings is 2. The molecule has 0 spiro atoms. The highest BCUT2D eigenvalue weighted by molar-refractivity contribution is 7.13. The van der Waals surface area contributed by atoms with Crippen LogP contribution in [0.25, 0.3) is 0 Å². The normalized spacial score (nSPS) is 12.6. The van der Waals surface area contributed by atoms with E-state index in [4.69, 9.17) is 4.99 Å². The lowest BCUT2D eigenvalue weighted by Crippen LogP contribution is -2.11. The Labute approximate surface area is 143 Å². The molecule has 1 aliphatic rings. The highest BCUT2D eigenvalue weighted by Crippen LogP contribution is 2.33. The van der Waals surface area contributed by atoms with Crippen LogP contribution in [0.15, 0.2) is 59.0 Å². The van der Waals surface area contributed by atoms with Crippen molar-refractivity contribution < 1.29 is 4.79 Å². The Bertz CT molecular complexity index is 945. The summed E-state index contributed by atoms with van der Waals surface area (Å²) in [6.07, 6.45) is 2.42. The Morgan fingerprint density at radius 2 is 2.04 bits per heavy atom. The molecule has 0 radical (unpaired) electrons. The average Bonchev–Trinajstić information content (AvgIpc) is 3.23. The first-order valence-corrected chi connectivity index (χ1v) is 8.56. The number of amides is 1. The van der Waals surface area contributed by atoms with Crippen molar-refractivity contribution in [1.29, 1.82) is 0 Å². The third kappa shape index (κ3) is 2.63. The molecule has 1 N–H and O–H groups in total. The second-order valence-corrected chi connectivity index (χ2v) is 6.55. The van der Waals surface area contributed by atoms with E-state index in [0.717, 1.165) is 28.9 Å². The van der Waals surface area contributed by atoms with Gasteiger partial charge in [0.05, 0.1) is 17.0 Å². The van der Waals surface area contributed by atoms with Crippen molar-refractivity contribution >= 4 is 33.8 Å². The highest BCUT2D eigenvalue weighted by Gasteiger charge is 2.22. The van der Waals surface area contributed by atoms with Gasteiger partial charge < -0.3 is 0 Å². The molecule has 0 saturated carbocycles. The number of anilines is 1. The minimum atomic E-state index is -0.170. The predicted octanol–water partition coefficient (Wildman–Crippen LogP) is 4.38. The van der Waals surface area contributed by atoms with Gasteiger partial charge in [-0.15, -0.1) is 11.3 Å². The Kier molecular flexibility index (Phi) is 3.70. The molecule has 2 heterocycles. The Morgan fingerprint density at radius 1 is 1.17 bits per heavy atom. The van der Waals surface area contributed by atoms with Crippen LogP contribution in [-0.4, -0.2) is 16.6 Å². The first-order chi connectivity index (χ1) is 11.7. The molecule has 0 aliphatic carbocycles. The van der Waals surface area contributed by atoms with E-state index in [9.17, 15) is 4.79 Å². The number of fused-ring (bicyclic) bond motifs is 1. The molecular formula is C19H15N3OS. The van der Waals surface area contributed by atoms with E-state index in [-0.39, 0.29) is 5.91 Å². The van der Waals surface area contributed by atoms with Gasteiger partial charge in [-0.3, -0.25) is 15.1 Å². The molecule has 0 fully saturated rings. The van der Waals surface area contributed by atoms with Crippen LogP contribution in [0.5, 0.6) is 0 Å². The van der Waals surface area contributed by atoms with Crippen molar-refractivity contribution in [3.63, 3.8) is 0 Å². The fourth-order valence-electron chi connectivity index (χ4n) is 2.91. The number of thiazole rings is 1. The number of rotatable bonds is 3. The van der Waals surface area contributed by atoms with Crippen LogP contribution in [0.1, 0.15) is 27.0 Å². The summed E-state index contributed by atoms with van der Waals surface area (Å²) in [6, 6.07) is 14.0. The summed E-state index contributed by atoms with van der Waals surface area (Å²) in [5.74, 6) is -0.170. The Hall–Kier alpha value is -2.79. The quantitative estimate of drug-likeness (QED) is 0.773. The van der Waals surface area contributed by atoms with Gasteiger partial charge in [-0.1, -0.05) is 36.4 Å². The van der Waals surface area contributed by atoms with Gasteiger partial charge in [0.15, 0.2) is 5.13 Å². The molecule has 5 heteroatoms. The highest BCUT2D eigenvalue weighted by atomic mass is 32.1. The van der Waals surface area contributed by atoms with Crippen molar-refractivity contribution in [3.8, 4) is 0 Å². The number of para-hydroxylation sites is 1. The molecule has 4 nitrogen and oxygen atoms in total. The zero-order valence-electron chi connectivity index (χ0n) is 13.1. The molecule has 24 heavy (non-hydrogen) atoms. The number of aryl methyl sites for hydroxylation is 1. The Morgan fingerprint density at radius 3 is 2.83 bits per heavy atom. The van der Waals surface area contributed by atoms with Crippen LogP contribution in [0.2, 0.25) is 0 Å². The van der Waals surface area contributed by atoms with Crippen LogP contribution < -0.4 is 5.32 Å².